The fourth-order valence-corrected chi connectivity index (χ4v) is 2.99. The number of aryl methyl sites for hydroxylation is 1. The standard InChI is InChI=1S/C12H15NO5S/c1-8-2-4-10(5-3-8)19(16,17)18-9-6-11(12(14)15)13-7-9/h2-5,9,11,13H,6-7H2,1H3,(H,14,15)/t9-,11-/m0/s1. The minimum Gasteiger partial charge on any atom is -0.480 e. The zero-order chi connectivity index (χ0) is 14.0. The van der Waals surface area contributed by atoms with Crippen LogP contribution in [0.5, 0.6) is 0 Å². The first-order valence-electron chi connectivity index (χ1n) is 5.84. The number of carboxylic acids is 1. The van der Waals surface area contributed by atoms with Crippen LogP contribution in [-0.2, 0) is 19.1 Å². The van der Waals surface area contributed by atoms with Gasteiger partial charge < -0.3 is 10.4 Å². The van der Waals surface area contributed by atoms with Gasteiger partial charge in [-0.1, -0.05) is 17.7 Å². The Hall–Kier alpha value is -1.44. The van der Waals surface area contributed by atoms with Crippen molar-refractivity contribution in [1.82, 2.24) is 5.32 Å². The molecule has 0 aliphatic carbocycles. The van der Waals surface area contributed by atoms with Crippen molar-refractivity contribution < 1.29 is 22.5 Å². The summed E-state index contributed by atoms with van der Waals surface area (Å²) in [6.07, 6.45) is -0.507. The van der Waals surface area contributed by atoms with E-state index in [2.05, 4.69) is 5.32 Å². The Labute approximate surface area is 111 Å². The van der Waals surface area contributed by atoms with E-state index < -0.39 is 28.2 Å². The molecule has 2 atom stereocenters. The summed E-state index contributed by atoms with van der Waals surface area (Å²) in [6, 6.07) is 5.56. The molecule has 0 bridgehead atoms. The summed E-state index contributed by atoms with van der Waals surface area (Å²) in [5, 5.41) is 11.5. The minimum atomic E-state index is -3.84. The molecule has 0 aromatic heterocycles. The highest BCUT2D eigenvalue weighted by atomic mass is 32.2. The van der Waals surface area contributed by atoms with E-state index in [1.54, 1.807) is 12.1 Å². The number of carboxylic acid groups (broad SMARTS) is 1. The Morgan fingerprint density at radius 3 is 2.53 bits per heavy atom. The molecule has 1 saturated heterocycles. The third kappa shape index (κ3) is 3.31. The summed E-state index contributed by atoms with van der Waals surface area (Å²) in [5.74, 6) is -1.00. The van der Waals surface area contributed by atoms with E-state index in [1.165, 1.54) is 12.1 Å². The van der Waals surface area contributed by atoms with Crippen molar-refractivity contribution in [2.24, 2.45) is 0 Å². The zero-order valence-electron chi connectivity index (χ0n) is 10.4. The van der Waals surface area contributed by atoms with Crippen molar-refractivity contribution in [3.63, 3.8) is 0 Å². The van der Waals surface area contributed by atoms with E-state index in [0.717, 1.165) is 5.56 Å². The Bertz CT molecular complexity index is 566. The molecule has 0 saturated carbocycles. The van der Waals surface area contributed by atoms with Crippen LogP contribution in [0.15, 0.2) is 29.2 Å². The van der Waals surface area contributed by atoms with Crippen LogP contribution >= 0.6 is 0 Å². The molecular formula is C12H15NO5S. The molecule has 2 N–H and O–H groups in total. The summed E-state index contributed by atoms with van der Waals surface area (Å²) in [6.45, 7) is 2.07. The first-order chi connectivity index (χ1) is 8.88. The second kappa shape index (κ2) is 5.28. The van der Waals surface area contributed by atoms with Gasteiger partial charge in [0, 0.05) is 13.0 Å². The summed E-state index contributed by atoms with van der Waals surface area (Å²) in [5.41, 5.74) is 0.951. The van der Waals surface area contributed by atoms with Gasteiger partial charge in [0.05, 0.1) is 11.0 Å². The highest BCUT2D eigenvalue weighted by Gasteiger charge is 2.33. The van der Waals surface area contributed by atoms with E-state index in [1.807, 2.05) is 6.92 Å². The van der Waals surface area contributed by atoms with Crippen molar-refractivity contribution in [3.8, 4) is 0 Å². The fraction of sp³-hybridized carbons (Fsp3) is 0.417. The average molecular weight is 285 g/mol. The lowest BCUT2D eigenvalue weighted by atomic mass is 10.2. The SMILES string of the molecule is Cc1ccc(S(=O)(=O)O[C@@H]2CN[C@H](C(=O)O)C2)cc1. The van der Waals surface area contributed by atoms with Crippen molar-refractivity contribution >= 4 is 16.1 Å². The van der Waals surface area contributed by atoms with Crippen LogP contribution in [0.2, 0.25) is 0 Å². The quantitative estimate of drug-likeness (QED) is 0.783. The molecule has 0 spiro atoms. The van der Waals surface area contributed by atoms with Crippen molar-refractivity contribution in [2.45, 2.75) is 30.4 Å². The van der Waals surface area contributed by atoms with Gasteiger partial charge in [-0.05, 0) is 19.1 Å². The molecule has 2 rings (SSSR count). The summed E-state index contributed by atoms with van der Waals surface area (Å²) < 4.78 is 29.0. The lowest BCUT2D eigenvalue weighted by molar-refractivity contribution is -0.139. The molecular weight excluding hydrogens is 270 g/mol. The highest BCUT2D eigenvalue weighted by Crippen LogP contribution is 2.19. The van der Waals surface area contributed by atoms with Crippen LogP contribution in [0, 0.1) is 6.92 Å². The largest absolute Gasteiger partial charge is 0.480 e. The Balaban J connectivity index is 2.06. The second-order valence-corrected chi connectivity index (χ2v) is 6.09. The predicted molar refractivity (Wildman–Crippen MR) is 67.3 cm³/mol. The van der Waals surface area contributed by atoms with E-state index in [0.29, 0.717) is 0 Å². The number of aliphatic carboxylic acids is 1. The highest BCUT2D eigenvalue weighted by molar-refractivity contribution is 7.86. The Morgan fingerprint density at radius 2 is 2.00 bits per heavy atom. The molecule has 104 valence electrons. The maximum Gasteiger partial charge on any atom is 0.320 e. The predicted octanol–water partition coefficient (Wildman–Crippen LogP) is 0.515. The smallest absolute Gasteiger partial charge is 0.320 e. The zero-order valence-corrected chi connectivity index (χ0v) is 11.2. The number of rotatable bonds is 4. The van der Waals surface area contributed by atoms with Crippen molar-refractivity contribution in [2.75, 3.05) is 6.54 Å². The van der Waals surface area contributed by atoms with Crippen LogP contribution < -0.4 is 5.32 Å². The molecule has 1 aliphatic heterocycles. The number of nitrogens with one attached hydrogen (secondary N) is 1. The summed E-state index contributed by atoms with van der Waals surface area (Å²) in [7, 11) is -3.84. The maximum absolute atomic E-state index is 12.0. The third-order valence-electron chi connectivity index (χ3n) is 2.96. The molecule has 1 fully saturated rings. The van der Waals surface area contributed by atoms with Crippen LogP contribution in [0.4, 0.5) is 0 Å². The van der Waals surface area contributed by atoms with E-state index in [9.17, 15) is 13.2 Å². The molecule has 7 heteroatoms. The van der Waals surface area contributed by atoms with Crippen LogP contribution in [0.25, 0.3) is 0 Å². The number of carbonyl (C=O) groups is 1. The summed E-state index contributed by atoms with van der Waals surface area (Å²) >= 11 is 0. The molecule has 6 nitrogen and oxygen atoms in total. The van der Waals surface area contributed by atoms with E-state index >= 15 is 0 Å². The first-order valence-corrected chi connectivity index (χ1v) is 7.25. The number of benzene rings is 1. The van der Waals surface area contributed by atoms with Gasteiger partial charge >= 0.3 is 5.97 Å². The summed E-state index contributed by atoms with van der Waals surface area (Å²) in [4.78, 5) is 10.8. The fourth-order valence-electron chi connectivity index (χ4n) is 1.90. The number of hydrogen-bond donors (Lipinski definition) is 2. The van der Waals surface area contributed by atoms with Gasteiger partial charge in [0.2, 0.25) is 0 Å². The van der Waals surface area contributed by atoms with E-state index in [-0.39, 0.29) is 17.9 Å². The first kappa shape index (κ1) is 14.0. The minimum absolute atomic E-state index is 0.0804. The topological polar surface area (TPSA) is 92.7 Å². The molecule has 19 heavy (non-hydrogen) atoms. The van der Waals surface area contributed by atoms with Gasteiger partial charge in [-0.2, -0.15) is 8.42 Å². The van der Waals surface area contributed by atoms with Gasteiger partial charge in [-0.25, -0.2) is 0 Å². The lowest BCUT2D eigenvalue weighted by Crippen LogP contribution is -2.30. The van der Waals surface area contributed by atoms with Gasteiger partial charge in [-0.3, -0.25) is 8.98 Å². The van der Waals surface area contributed by atoms with Crippen LogP contribution in [0.3, 0.4) is 0 Å². The molecule has 1 heterocycles. The lowest BCUT2D eigenvalue weighted by Gasteiger charge is -2.11. The van der Waals surface area contributed by atoms with Gasteiger partial charge in [0.25, 0.3) is 10.1 Å². The second-order valence-electron chi connectivity index (χ2n) is 4.52. The molecule has 0 unspecified atom stereocenters. The Kier molecular flexibility index (Phi) is 3.88. The Morgan fingerprint density at radius 1 is 1.37 bits per heavy atom. The number of hydrogen-bond acceptors (Lipinski definition) is 5. The van der Waals surface area contributed by atoms with Gasteiger partial charge in [0.15, 0.2) is 0 Å². The van der Waals surface area contributed by atoms with Gasteiger partial charge in [0.1, 0.15) is 6.04 Å². The maximum atomic E-state index is 12.0. The van der Waals surface area contributed by atoms with Crippen LogP contribution in [0.1, 0.15) is 12.0 Å². The monoisotopic (exact) mass is 285 g/mol. The average Bonchev–Trinajstić information content (AvgIpc) is 2.77. The van der Waals surface area contributed by atoms with Crippen molar-refractivity contribution in [1.29, 1.82) is 0 Å². The molecule has 1 aliphatic rings. The third-order valence-corrected chi connectivity index (χ3v) is 4.34. The van der Waals surface area contributed by atoms with Crippen molar-refractivity contribution in [3.05, 3.63) is 29.8 Å². The molecule has 0 amide bonds. The van der Waals surface area contributed by atoms with E-state index in [4.69, 9.17) is 9.29 Å². The van der Waals surface area contributed by atoms with Gasteiger partial charge in [-0.15, -0.1) is 0 Å². The normalized spacial score (nSPS) is 23.4. The molecule has 1 aromatic rings. The molecule has 0 radical (unpaired) electrons. The molecule has 1 aromatic carbocycles. The van der Waals surface area contributed by atoms with Crippen LogP contribution in [-0.4, -0.2) is 38.2 Å².